The lowest BCUT2D eigenvalue weighted by atomic mass is 10.0. The van der Waals surface area contributed by atoms with Crippen molar-refractivity contribution in [2.45, 2.75) is 24.9 Å². The van der Waals surface area contributed by atoms with Crippen molar-refractivity contribution in [1.29, 1.82) is 0 Å². The quantitative estimate of drug-likeness (QED) is 0.835. The van der Waals surface area contributed by atoms with Gasteiger partial charge in [-0.2, -0.15) is 0 Å². The van der Waals surface area contributed by atoms with E-state index in [2.05, 4.69) is 9.88 Å². The molecule has 136 valence electrons. The van der Waals surface area contributed by atoms with E-state index in [1.54, 1.807) is 0 Å². The minimum absolute atomic E-state index is 0.0524. The van der Waals surface area contributed by atoms with E-state index in [9.17, 15) is 4.79 Å². The van der Waals surface area contributed by atoms with E-state index >= 15 is 0 Å². The van der Waals surface area contributed by atoms with Gasteiger partial charge in [-0.1, -0.05) is 30.3 Å². The summed E-state index contributed by atoms with van der Waals surface area (Å²) in [5.41, 5.74) is 1.63. The Balaban J connectivity index is 1.29. The van der Waals surface area contributed by atoms with E-state index in [0.717, 1.165) is 49.3 Å². The van der Waals surface area contributed by atoms with Gasteiger partial charge in [0, 0.05) is 36.6 Å². The Kier molecular flexibility index (Phi) is 4.27. The van der Waals surface area contributed by atoms with Gasteiger partial charge in [-0.3, -0.25) is 9.69 Å². The fraction of sp³-hybridized carbons (Fsp3) is 0.500. The molecule has 3 fully saturated rings. The molecule has 2 saturated heterocycles. The van der Waals surface area contributed by atoms with E-state index in [-0.39, 0.29) is 5.91 Å². The van der Waals surface area contributed by atoms with Crippen molar-refractivity contribution >= 4 is 17.2 Å². The number of thiazole rings is 1. The van der Waals surface area contributed by atoms with Gasteiger partial charge in [-0.15, -0.1) is 11.3 Å². The van der Waals surface area contributed by atoms with E-state index in [1.807, 2.05) is 40.6 Å². The molecule has 0 radical (unpaired) electrons. The number of benzene rings is 1. The lowest BCUT2D eigenvalue weighted by Gasteiger charge is -2.48. The van der Waals surface area contributed by atoms with Crippen LogP contribution >= 0.6 is 11.3 Å². The van der Waals surface area contributed by atoms with Crippen LogP contribution in [0.15, 0.2) is 35.7 Å². The number of rotatable bonds is 3. The molecule has 1 saturated carbocycles. The van der Waals surface area contributed by atoms with Crippen LogP contribution in [0.4, 0.5) is 0 Å². The molecule has 3 aliphatic rings. The molecular formula is C20H23N3O2S. The Morgan fingerprint density at radius 1 is 1.15 bits per heavy atom. The molecule has 2 atom stereocenters. The number of piperazine rings is 1. The number of ether oxygens (including phenoxy) is 1. The normalized spacial score (nSPS) is 26.5. The molecular weight excluding hydrogens is 346 g/mol. The van der Waals surface area contributed by atoms with Crippen molar-refractivity contribution in [2.24, 2.45) is 5.92 Å². The molecule has 0 N–H and O–H groups in total. The predicted molar refractivity (Wildman–Crippen MR) is 101 cm³/mol. The van der Waals surface area contributed by atoms with Gasteiger partial charge in [-0.25, -0.2) is 4.98 Å². The third-order valence-electron chi connectivity index (χ3n) is 5.75. The van der Waals surface area contributed by atoms with Crippen LogP contribution in [0.3, 0.4) is 0 Å². The zero-order chi connectivity index (χ0) is 17.5. The molecule has 2 aromatic rings. The summed E-state index contributed by atoms with van der Waals surface area (Å²) in [6.45, 7) is 4.09. The predicted octanol–water partition coefficient (Wildman–Crippen LogP) is 2.75. The molecule has 1 aromatic carbocycles. The van der Waals surface area contributed by atoms with E-state index < -0.39 is 0 Å². The molecule has 3 heterocycles. The summed E-state index contributed by atoms with van der Waals surface area (Å²) in [6.07, 6.45) is 2.67. The van der Waals surface area contributed by atoms with Gasteiger partial charge in [0.25, 0.3) is 5.91 Å². The van der Waals surface area contributed by atoms with Crippen molar-refractivity contribution in [3.8, 4) is 10.6 Å². The molecule has 1 aliphatic carbocycles. The maximum absolute atomic E-state index is 13.0. The van der Waals surface area contributed by atoms with Crippen LogP contribution in [0, 0.1) is 5.92 Å². The Bertz CT molecular complexity index is 789. The first-order chi connectivity index (χ1) is 12.8. The second-order valence-corrected chi connectivity index (χ2v) is 8.35. The third-order valence-corrected chi connectivity index (χ3v) is 6.64. The van der Waals surface area contributed by atoms with Gasteiger partial charge in [0.2, 0.25) is 0 Å². The number of amides is 1. The van der Waals surface area contributed by atoms with Crippen LogP contribution in [0.5, 0.6) is 0 Å². The smallest absolute Gasteiger partial charge is 0.273 e. The van der Waals surface area contributed by atoms with E-state index in [4.69, 9.17) is 4.74 Å². The highest BCUT2D eigenvalue weighted by Gasteiger charge is 2.43. The number of aromatic nitrogens is 1. The Labute approximate surface area is 157 Å². The lowest BCUT2D eigenvalue weighted by Crippen LogP contribution is -2.63. The molecule has 1 amide bonds. The van der Waals surface area contributed by atoms with Gasteiger partial charge in [0.1, 0.15) is 10.7 Å². The first kappa shape index (κ1) is 16.4. The zero-order valence-electron chi connectivity index (χ0n) is 14.7. The number of carbonyl (C=O) groups is 1. The third kappa shape index (κ3) is 3.06. The van der Waals surface area contributed by atoms with Gasteiger partial charge in [0.15, 0.2) is 0 Å². The van der Waals surface area contributed by atoms with Crippen LogP contribution < -0.4 is 0 Å². The zero-order valence-corrected chi connectivity index (χ0v) is 15.5. The summed E-state index contributed by atoms with van der Waals surface area (Å²) in [5.74, 6) is 0.864. The molecule has 5 nitrogen and oxygen atoms in total. The molecule has 2 aliphatic heterocycles. The summed E-state index contributed by atoms with van der Waals surface area (Å²) in [4.78, 5) is 22.1. The SMILES string of the molecule is O=C(c1csc(-c2ccccc2)n1)N1CCN2[C@@H](COC[C@@H]2C2CC2)C1. The molecule has 0 spiro atoms. The molecule has 5 rings (SSSR count). The maximum atomic E-state index is 13.0. The van der Waals surface area contributed by atoms with Gasteiger partial charge < -0.3 is 9.64 Å². The van der Waals surface area contributed by atoms with E-state index in [1.165, 1.54) is 24.2 Å². The van der Waals surface area contributed by atoms with Crippen molar-refractivity contribution < 1.29 is 9.53 Å². The summed E-state index contributed by atoms with van der Waals surface area (Å²) in [5, 5.41) is 2.80. The van der Waals surface area contributed by atoms with Crippen molar-refractivity contribution in [1.82, 2.24) is 14.8 Å². The highest BCUT2D eigenvalue weighted by atomic mass is 32.1. The summed E-state index contributed by atoms with van der Waals surface area (Å²) in [7, 11) is 0. The highest BCUT2D eigenvalue weighted by molar-refractivity contribution is 7.13. The second kappa shape index (κ2) is 6.76. The van der Waals surface area contributed by atoms with Gasteiger partial charge >= 0.3 is 0 Å². The van der Waals surface area contributed by atoms with Crippen molar-refractivity contribution in [3.05, 3.63) is 41.4 Å². The van der Waals surface area contributed by atoms with Crippen LogP contribution in [-0.4, -0.2) is 65.6 Å². The maximum Gasteiger partial charge on any atom is 0.273 e. The summed E-state index contributed by atoms with van der Waals surface area (Å²) >= 11 is 1.54. The molecule has 0 bridgehead atoms. The standard InChI is InChI=1S/C20H23N3O2S/c24-20(17-13-26-19(21-17)15-4-2-1-3-5-15)22-8-9-23-16(10-22)11-25-12-18(23)14-6-7-14/h1-5,13-14,16,18H,6-12H2/t16-,18-/m1/s1. The number of hydrogen-bond acceptors (Lipinski definition) is 5. The number of fused-ring (bicyclic) bond motifs is 1. The molecule has 0 unspecified atom stereocenters. The molecule has 6 heteroatoms. The van der Waals surface area contributed by atoms with Gasteiger partial charge in [-0.05, 0) is 18.8 Å². The fourth-order valence-corrected chi connectivity index (χ4v) is 4.99. The number of morpholine rings is 1. The summed E-state index contributed by atoms with van der Waals surface area (Å²) in [6, 6.07) is 10.9. The number of carbonyl (C=O) groups excluding carboxylic acids is 1. The average molecular weight is 369 g/mol. The Morgan fingerprint density at radius 2 is 2.00 bits per heavy atom. The molecule has 1 aromatic heterocycles. The number of nitrogens with zero attached hydrogens (tertiary/aromatic N) is 3. The summed E-state index contributed by atoms with van der Waals surface area (Å²) < 4.78 is 5.86. The molecule has 26 heavy (non-hydrogen) atoms. The number of hydrogen-bond donors (Lipinski definition) is 0. The lowest BCUT2D eigenvalue weighted by molar-refractivity contribution is -0.0816. The van der Waals surface area contributed by atoms with Crippen molar-refractivity contribution in [2.75, 3.05) is 32.8 Å². The highest BCUT2D eigenvalue weighted by Crippen LogP contribution is 2.38. The fourth-order valence-electron chi connectivity index (χ4n) is 4.19. The Morgan fingerprint density at radius 3 is 2.81 bits per heavy atom. The topological polar surface area (TPSA) is 45.7 Å². The minimum Gasteiger partial charge on any atom is -0.378 e. The van der Waals surface area contributed by atoms with Crippen molar-refractivity contribution in [3.63, 3.8) is 0 Å². The van der Waals surface area contributed by atoms with Gasteiger partial charge in [0.05, 0.1) is 19.3 Å². The first-order valence-electron chi connectivity index (χ1n) is 9.43. The van der Waals surface area contributed by atoms with Crippen LogP contribution in [0.1, 0.15) is 23.3 Å². The monoisotopic (exact) mass is 369 g/mol. The largest absolute Gasteiger partial charge is 0.378 e. The van der Waals surface area contributed by atoms with E-state index in [0.29, 0.717) is 17.8 Å². The van der Waals surface area contributed by atoms with Crippen LogP contribution in [0.25, 0.3) is 10.6 Å². The van der Waals surface area contributed by atoms with Crippen LogP contribution in [-0.2, 0) is 4.74 Å². The minimum atomic E-state index is 0.0524. The van der Waals surface area contributed by atoms with Crippen LogP contribution in [0.2, 0.25) is 0 Å². The average Bonchev–Trinajstić information content (AvgIpc) is 3.43. The first-order valence-corrected chi connectivity index (χ1v) is 10.3. The second-order valence-electron chi connectivity index (χ2n) is 7.49. The Hall–Kier alpha value is -1.76.